The molecule has 4 rings (SSSR count). The molecule has 2 atom stereocenters. The summed E-state index contributed by atoms with van der Waals surface area (Å²) in [6, 6.07) is 16.3. The van der Waals surface area contributed by atoms with Crippen molar-refractivity contribution in [2.24, 2.45) is 5.92 Å². The van der Waals surface area contributed by atoms with Crippen LogP contribution < -0.4 is 5.32 Å². The van der Waals surface area contributed by atoms with Gasteiger partial charge in [0.2, 0.25) is 0 Å². The monoisotopic (exact) mass is 620 g/mol. The number of likely N-dealkylation sites (tertiary alicyclic amines) is 2. The molecular formula is C32H46Cl2N4O4. The van der Waals surface area contributed by atoms with Crippen molar-refractivity contribution in [1.82, 2.24) is 20.0 Å². The van der Waals surface area contributed by atoms with Crippen LogP contribution in [0.5, 0.6) is 0 Å². The summed E-state index contributed by atoms with van der Waals surface area (Å²) in [6.07, 6.45) is 0.825. The molecular weight excluding hydrogens is 575 g/mol. The van der Waals surface area contributed by atoms with Crippen molar-refractivity contribution in [2.75, 3.05) is 32.7 Å². The number of carbonyl (C=O) groups is 2. The summed E-state index contributed by atoms with van der Waals surface area (Å²) in [5.41, 5.74) is 1.96. The molecule has 2 saturated heterocycles. The third kappa shape index (κ3) is 11.6. The summed E-state index contributed by atoms with van der Waals surface area (Å²) < 4.78 is 5.52. The van der Waals surface area contributed by atoms with Gasteiger partial charge in [0.15, 0.2) is 0 Å². The van der Waals surface area contributed by atoms with Gasteiger partial charge >= 0.3 is 12.2 Å². The maximum Gasteiger partial charge on any atom is 0.410 e. The number of ether oxygens (including phenoxy) is 1. The van der Waals surface area contributed by atoms with E-state index in [0.29, 0.717) is 25.0 Å². The van der Waals surface area contributed by atoms with Crippen molar-refractivity contribution < 1.29 is 19.4 Å². The van der Waals surface area contributed by atoms with Gasteiger partial charge in [0, 0.05) is 67.9 Å². The van der Waals surface area contributed by atoms with Gasteiger partial charge in [-0.05, 0) is 74.9 Å². The molecule has 42 heavy (non-hydrogen) atoms. The van der Waals surface area contributed by atoms with E-state index in [2.05, 4.69) is 36.2 Å². The number of nitrogens with one attached hydrogen (secondary N) is 1. The minimum atomic E-state index is -0.833. The minimum Gasteiger partial charge on any atom is -0.465 e. The highest BCUT2D eigenvalue weighted by Crippen LogP contribution is 2.22. The van der Waals surface area contributed by atoms with E-state index in [1.54, 1.807) is 0 Å². The average molecular weight is 622 g/mol. The number of carbonyl (C=O) groups excluding carboxylic acids is 1. The van der Waals surface area contributed by atoms with E-state index in [4.69, 9.17) is 33.0 Å². The lowest BCUT2D eigenvalue weighted by Gasteiger charge is -2.31. The van der Waals surface area contributed by atoms with Gasteiger partial charge < -0.3 is 25.0 Å². The van der Waals surface area contributed by atoms with Crippen LogP contribution in [0.15, 0.2) is 48.5 Å². The number of amides is 2. The van der Waals surface area contributed by atoms with Crippen LogP contribution in [0.3, 0.4) is 0 Å². The zero-order valence-corrected chi connectivity index (χ0v) is 27.0. The lowest BCUT2D eigenvalue weighted by atomic mass is 10.1. The molecule has 0 radical (unpaired) electrons. The van der Waals surface area contributed by atoms with Gasteiger partial charge in [-0.15, -0.1) is 0 Å². The van der Waals surface area contributed by atoms with Gasteiger partial charge in [0.1, 0.15) is 5.60 Å². The quantitative estimate of drug-likeness (QED) is 0.331. The molecule has 0 saturated carbocycles. The summed E-state index contributed by atoms with van der Waals surface area (Å²) in [5.74, 6) is 0.572. The zero-order valence-electron chi connectivity index (χ0n) is 25.5. The third-order valence-electron chi connectivity index (χ3n) is 7.20. The first-order chi connectivity index (χ1) is 19.8. The van der Waals surface area contributed by atoms with Crippen LogP contribution in [0, 0.1) is 5.92 Å². The van der Waals surface area contributed by atoms with Gasteiger partial charge in [0.05, 0.1) is 0 Å². The van der Waals surface area contributed by atoms with Crippen molar-refractivity contribution in [3.8, 4) is 0 Å². The summed E-state index contributed by atoms with van der Waals surface area (Å²) in [5, 5.41) is 13.7. The maximum absolute atomic E-state index is 12.3. The number of nitrogens with zero attached hydrogens (tertiary/aromatic N) is 3. The zero-order chi connectivity index (χ0) is 30.9. The summed E-state index contributed by atoms with van der Waals surface area (Å²) in [6.45, 7) is 15.5. The van der Waals surface area contributed by atoms with Gasteiger partial charge in [-0.25, -0.2) is 9.59 Å². The fourth-order valence-corrected chi connectivity index (χ4v) is 5.39. The van der Waals surface area contributed by atoms with Crippen LogP contribution in [0.4, 0.5) is 9.59 Å². The second kappa shape index (κ2) is 15.8. The average Bonchev–Trinajstić information content (AvgIpc) is 3.59. The normalized spacial score (nSPS) is 18.8. The molecule has 0 spiro atoms. The minimum absolute atomic E-state index is 0.203. The molecule has 2 aromatic rings. The van der Waals surface area contributed by atoms with Gasteiger partial charge in [-0.1, -0.05) is 61.3 Å². The summed E-state index contributed by atoms with van der Waals surface area (Å²) in [4.78, 5) is 28.8. The standard InChI is InChI=1S/C20H31ClN2O2.C12H15ClN2O2/c1-15(2)12-23(13-16-6-8-17(21)9-7-16)18-10-11-22(14-18)19(24)25-20(3,4)5;13-10-3-1-9(2-4-10)7-14-11-5-6-15(8-11)12(16)17/h6-9,15,18H,10-14H2,1-5H3;1-4,11,14H,5-8H2,(H,16,17). The first kappa shape index (κ1) is 34.0. The molecule has 8 nitrogen and oxygen atoms in total. The Morgan fingerprint density at radius 3 is 2.05 bits per heavy atom. The van der Waals surface area contributed by atoms with E-state index in [-0.39, 0.29) is 12.1 Å². The third-order valence-corrected chi connectivity index (χ3v) is 7.70. The van der Waals surface area contributed by atoms with E-state index in [0.717, 1.165) is 61.2 Å². The van der Waals surface area contributed by atoms with E-state index in [9.17, 15) is 9.59 Å². The van der Waals surface area contributed by atoms with Crippen molar-refractivity contribution in [3.05, 3.63) is 69.7 Å². The Morgan fingerprint density at radius 2 is 1.52 bits per heavy atom. The number of hydrogen-bond donors (Lipinski definition) is 2. The summed E-state index contributed by atoms with van der Waals surface area (Å²) >= 11 is 11.8. The van der Waals surface area contributed by atoms with Crippen LogP contribution >= 0.6 is 23.2 Å². The van der Waals surface area contributed by atoms with E-state index >= 15 is 0 Å². The molecule has 10 heteroatoms. The Kier molecular flexibility index (Phi) is 12.8. The highest BCUT2D eigenvalue weighted by atomic mass is 35.5. The fraction of sp³-hybridized carbons (Fsp3) is 0.562. The molecule has 0 aliphatic carbocycles. The van der Waals surface area contributed by atoms with Crippen molar-refractivity contribution in [3.63, 3.8) is 0 Å². The summed E-state index contributed by atoms with van der Waals surface area (Å²) in [7, 11) is 0. The van der Waals surface area contributed by atoms with Crippen molar-refractivity contribution in [1.29, 1.82) is 0 Å². The second-order valence-corrected chi connectivity index (χ2v) is 13.4. The number of hydrogen-bond acceptors (Lipinski definition) is 5. The maximum atomic E-state index is 12.3. The molecule has 2 amide bonds. The van der Waals surface area contributed by atoms with Crippen LogP contribution in [0.1, 0.15) is 58.6 Å². The molecule has 2 aliphatic heterocycles. The highest BCUT2D eigenvalue weighted by molar-refractivity contribution is 6.30. The lowest BCUT2D eigenvalue weighted by Crippen LogP contribution is -2.41. The Hall–Kier alpha value is -2.52. The fourth-order valence-electron chi connectivity index (χ4n) is 5.13. The Bertz CT molecular complexity index is 1140. The Morgan fingerprint density at radius 1 is 0.952 bits per heavy atom. The van der Waals surface area contributed by atoms with Gasteiger partial charge in [0.25, 0.3) is 0 Å². The van der Waals surface area contributed by atoms with Crippen molar-refractivity contribution in [2.45, 2.75) is 78.2 Å². The predicted octanol–water partition coefficient (Wildman–Crippen LogP) is 6.99. The first-order valence-corrected chi connectivity index (χ1v) is 15.5. The number of benzene rings is 2. The Balaban J connectivity index is 0.000000247. The topological polar surface area (TPSA) is 85.3 Å². The molecule has 2 N–H and O–H groups in total. The van der Waals surface area contributed by atoms with Crippen LogP contribution in [-0.2, 0) is 17.8 Å². The predicted molar refractivity (Wildman–Crippen MR) is 169 cm³/mol. The molecule has 2 fully saturated rings. The molecule has 2 heterocycles. The molecule has 0 aromatic heterocycles. The second-order valence-electron chi connectivity index (χ2n) is 12.5. The molecule has 2 unspecified atom stereocenters. The van der Waals surface area contributed by atoms with Gasteiger partial charge in [-0.2, -0.15) is 0 Å². The van der Waals surface area contributed by atoms with E-state index < -0.39 is 11.7 Å². The van der Waals surface area contributed by atoms with Crippen LogP contribution in [-0.4, -0.2) is 82.4 Å². The lowest BCUT2D eigenvalue weighted by molar-refractivity contribution is 0.0277. The highest BCUT2D eigenvalue weighted by Gasteiger charge is 2.33. The number of halogens is 2. The number of rotatable bonds is 8. The van der Waals surface area contributed by atoms with E-state index in [1.165, 1.54) is 10.5 Å². The molecule has 0 bridgehead atoms. The van der Waals surface area contributed by atoms with E-state index in [1.807, 2.05) is 62.1 Å². The SMILES string of the molecule is CC(C)CN(Cc1ccc(Cl)cc1)C1CCN(C(=O)OC(C)(C)C)C1.O=C(O)N1CCC(NCc2ccc(Cl)cc2)C1. The smallest absolute Gasteiger partial charge is 0.410 e. The molecule has 2 aromatic carbocycles. The molecule has 2 aliphatic rings. The molecule has 232 valence electrons. The largest absolute Gasteiger partial charge is 0.465 e. The van der Waals surface area contributed by atoms with Crippen LogP contribution in [0.2, 0.25) is 10.0 Å². The van der Waals surface area contributed by atoms with Crippen molar-refractivity contribution >= 4 is 35.4 Å². The van der Waals surface area contributed by atoms with Gasteiger partial charge in [-0.3, -0.25) is 4.90 Å². The van der Waals surface area contributed by atoms with Crippen LogP contribution in [0.25, 0.3) is 0 Å². The Labute approximate surface area is 260 Å². The number of carboxylic acid groups (broad SMARTS) is 1. The first-order valence-electron chi connectivity index (χ1n) is 14.7.